The fourth-order valence-electron chi connectivity index (χ4n) is 2.01. The summed E-state index contributed by atoms with van der Waals surface area (Å²) in [6, 6.07) is 17.8. The number of aromatic nitrogens is 2. The van der Waals surface area contributed by atoms with Crippen LogP contribution in [0.4, 0.5) is 0 Å². The van der Waals surface area contributed by atoms with Crippen LogP contribution in [0.15, 0.2) is 67.0 Å². The van der Waals surface area contributed by atoms with Crippen molar-refractivity contribution >= 4 is 11.6 Å². The summed E-state index contributed by atoms with van der Waals surface area (Å²) in [5, 5.41) is 0.485. The average Bonchev–Trinajstić information content (AvgIpc) is 2.49. The summed E-state index contributed by atoms with van der Waals surface area (Å²) >= 11 is 6.02. The predicted molar refractivity (Wildman–Crippen MR) is 77.9 cm³/mol. The smallest absolute Gasteiger partial charge is 0.129 e. The highest BCUT2D eigenvalue weighted by Crippen LogP contribution is 2.31. The molecule has 0 atom stereocenters. The summed E-state index contributed by atoms with van der Waals surface area (Å²) in [5.41, 5.74) is 4.02. The van der Waals surface area contributed by atoms with Crippen molar-refractivity contribution in [3.63, 3.8) is 0 Å². The van der Waals surface area contributed by atoms with E-state index in [-0.39, 0.29) is 0 Å². The molecule has 0 aliphatic heterocycles. The van der Waals surface area contributed by atoms with Gasteiger partial charge in [0.25, 0.3) is 0 Å². The number of hydrogen-bond acceptors (Lipinski definition) is 2. The van der Waals surface area contributed by atoms with Gasteiger partial charge in [-0.05, 0) is 29.3 Å². The molecule has 2 nitrogen and oxygen atoms in total. The lowest BCUT2D eigenvalue weighted by Gasteiger charge is -2.09. The van der Waals surface area contributed by atoms with Crippen molar-refractivity contribution < 1.29 is 0 Å². The van der Waals surface area contributed by atoms with Gasteiger partial charge in [-0.15, -0.1) is 0 Å². The summed E-state index contributed by atoms with van der Waals surface area (Å²) in [6.45, 7) is 0. The van der Waals surface area contributed by atoms with Crippen LogP contribution in [0.5, 0.6) is 0 Å². The van der Waals surface area contributed by atoms with Gasteiger partial charge in [-0.25, -0.2) is 4.98 Å². The molecule has 0 saturated carbocycles. The van der Waals surface area contributed by atoms with Gasteiger partial charge < -0.3 is 0 Å². The largest absolute Gasteiger partial charge is 0.256 e. The van der Waals surface area contributed by atoms with Crippen molar-refractivity contribution in [2.45, 2.75) is 0 Å². The van der Waals surface area contributed by atoms with Gasteiger partial charge >= 0.3 is 0 Å². The second kappa shape index (κ2) is 5.21. The van der Waals surface area contributed by atoms with Gasteiger partial charge in [0.05, 0.1) is 5.69 Å². The van der Waals surface area contributed by atoms with E-state index >= 15 is 0 Å². The number of halogens is 1. The van der Waals surface area contributed by atoms with Crippen LogP contribution in [0.25, 0.3) is 22.4 Å². The van der Waals surface area contributed by atoms with Crippen molar-refractivity contribution in [3.8, 4) is 22.4 Å². The van der Waals surface area contributed by atoms with E-state index in [1.165, 1.54) is 0 Å². The Kier molecular flexibility index (Phi) is 3.25. The summed E-state index contributed by atoms with van der Waals surface area (Å²) in [4.78, 5) is 8.55. The molecule has 92 valence electrons. The summed E-state index contributed by atoms with van der Waals surface area (Å²) < 4.78 is 0. The maximum atomic E-state index is 6.02. The minimum Gasteiger partial charge on any atom is -0.256 e. The molecule has 0 aliphatic carbocycles. The summed E-state index contributed by atoms with van der Waals surface area (Å²) in [5.74, 6) is 0. The molecule has 3 heteroatoms. The van der Waals surface area contributed by atoms with Crippen LogP contribution in [0, 0.1) is 0 Å². The maximum Gasteiger partial charge on any atom is 0.129 e. The van der Waals surface area contributed by atoms with Crippen LogP contribution in [-0.4, -0.2) is 9.97 Å². The highest BCUT2D eigenvalue weighted by atomic mass is 35.5. The number of hydrogen-bond donors (Lipinski definition) is 0. The van der Waals surface area contributed by atoms with Crippen molar-refractivity contribution in [2.75, 3.05) is 0 Å². The quantitative estimate of drug-likeness (QED) is 0.640. The first-order valence-corrected chi connectivity index (χ1v) is 6.35. The second-order valence-corrected chi connectivity index (χ2v) is 4.52. The van der Waals surface area contributed by atoms with Gasteiger partial charge in [-0.3, -0.25) is 4.98 Å². The molecule has 0 saturated heterocycles. The van der Waals surface area contributed by atoms with Gasteiger partial charge in [0.1, 0.15) is 5.15 Å². The molecule has 0 spiro atoms. The van der Waals surface area contributed by atoms with Crippen LogP contribution < -0.4 is 0 Å². The molecule has 2 heterocycles. The van der Waals surface area contributed by atoms with E-state index in [0.717, 1.165) is 22.4 Å². The Morgan fingerprint density at radius 3 is 2.32 bits per heavy atom. The lowest BCUT2D eigenvalue weighted by Crippen LogP contribution is -1.89. The Morgan fingerprint density at radius 2 is 1.58 bits per heavy atom. The van der Waals surface area contributed by atoms with Crippen LogP contribution in [0.1, 0.15) is 0 Å². The minimum atomic E-state index is 0.485. The number of nitrogens with zero attached hydrogens (tertiary/aromatic N) is 2. The molecule has 0 unspecified atom stereocenters. The number of rotatable bonds is 2. The Balaban J connectivity index is 2.21. The normalized spacial score (nSPS) is 10.4. The van der Waals surface area contributed by atoms with Gasteiger partial charge in [0.2, 0.25) is 0 Å². The SMILES string of the molecule is Clc1cc(-c2ccccc2)c(-c2ccccn2)cn1. The van der Waals surface area contributed by atoms with Crippen molar-refractivity contribution in [3.05, 3.63) is 72.1 Å². The highest BCUT2D eigenvalue weighted by Gasteiger charge is 2.09. The molecule has 0 radical (unpaired) electrons. The zero-order valence-electron chi connectivity index (χ0n) is 10.1. The Labute approximate surface area is 116 Å². The van der Waals surface area contributed by atoms with Crippen LogP contribution >= 0.6 is 11.6 Å². The van der Waals surface area contributed by atoms with Crippen LogP contribution in [0.3, 0.4) is 0 Å². The molecule has 2 aromatic heterocycles. The van der Waals surface area contributed by atoms with Gasteiger partial charge in [-0.2, -0.15) is 0 Å². The van der Waals surface area contributed by atoms with E-state index in [4.69, 9.17) is 11.6 Å². The third kappa shape index (κ3) is 2.49. The molecule has 0 bridgehead atoms. The average molecular weight is 267 g/mol. The van der Waals surface area contributed by atoms with Crippen molar-refractivity contribution in [1.82, 2.24) is 9.97 Å². The molecule has 3 rings (SSSR count). The molecule has 19 heavy (non-hydrogen) atoms. The number of pyridine rings is 2. The van der Waals surface area contributed by atoms with E-state index in [1.807, 2.05) is 42.5 Å². The maximum absolute atomic E-state index is 6.02. The van der Waals surface area contributed by atoms with E-state index in [9.17, 15) is 0 Å². The number of benzene rings is 1. The predicted octanol–water partition coefficient (Wildman–Crippen LogP) is 4.46. The fraction of sp³-hybridized carbons (Fsp3) is 0. The molecule has 0 amide bonds. The van der Waals surface area contributed by atoms with Gasteiger partial charge in [0, 0.05) is 18.0 Å². The molecule has 1 aromatic carbocycles. The van der Waals surface area contributed by atoms with E-state index in [1.54, 1.807) is 12.4 Å². The minimum absolute atomic E-state index is 0.485. The standard InChI is InChI=1S/C16H11ClN2/c17-16-10-13(12-6-2-1-3-7-12)14(11-19-16)15-8-4-5-9-18-15/h1-11H. The topological polar surface area (TPSA) is 25.8 Å². The monoisotopic (exact) mass is 266 g/mol. The lowest BCUT2D eigenvalue weighted by molar-refractivity contribution is 1.28. The van der Waals surface area contributed by atoms with Gasteiger partial charge in [0.15, 0.2) is 0 Å². The fourth-order valence-corrected chi connectivity index (χ4v) is 2.17. The van der Waals surface area contributed by atoms with Crippen molar-refractivity contribution in [2.24, 2.45) is 0 Å². The second-order valence-electron chi connectivity index (χ2n) is 4.13. The summed E-state index contributed by atoms with van der Waals surface area (Å²) in [6.07, 6.45) is 3.55. The zero-order chi connectivity index (χ0) is 13.1. The van der Waals surface area contributed by atoms with E-state index < -0.39 is 0 Å². The van der Waals surface area contributed by atoms with Crippen molar-refractivity contribution in [1.29, 1.82) is 0 Å². The van der Waals surface area contributed by atoms with E-state index in [0.29, 0.717) is 5.15 Å². The highest BCUT2D eigenvalue weighted by molar-refractivity contribution is 6.29. The molecular weight excluding hydrogens is 256 g/mol. The molecule has 0 fully saturated rings. The summed E-state index contributed by atoms with van der Waals surface area (Å²) in [7, 11) is 0. The third-order valence-corrected chi connectivity index (χ3v) is 3.10. The Morgan fingerprint density at radius 1 is 0.789 bits per heavy atom. The first-order valence-electron chi connectivity index (χ1n) is 5.97. The Hall–Kier alpha value is -2.19. The molecule has 0 N–H and O–H groups in total. The first-order chi connectivity index (χ1) is 9.34. The molecule has 3 aromatic rings. The zero-order valence-corrected chi connectivity index (χ0v) is 10.9. The van der Waals surface area contributed by atoms with E-state index in [2.05, 4.69) is 22.1 Å². The Bertz CT molecular complexity index is 682. The van der Waals surface area contributed by atoms with Gasteiger partial charge in [-0.1, -0.05) is 48.0 Å². The first kappa shape index (κ1) is 11.9. The molecule has 0 aliphatic rings. The van der Waals surface area contributed by atoms with Crippen LogP contribution in [0.2, 0.25) is 5.15 Å². The third-order valence-electron chi connectivity index (χ3n) is 2.90. The lowest BCUT2D eigenvalue weighted by atomic mass is 9.99. The molecular formula is C16H11ClN2. The van der Waals surface area contributed by atoms with Crippen LogP contribution in [-0.2, 0) is 0 Å².